The molecule has 5 heteroatoms. The van der Waals surface area contributed by atoms with Crippen LogP contribution in [0.3, 0.4) is 0 Å². The summed E-state index contributed by atoms with van der Waals surface area (Å²) in [6.45, 7) is 4.68. The fourth-order valence-electron chi connectivity index (χ4n) is 8.05. The van der Waals surface area contributed by atoms with Crippen molar-refractivity contribution in [3.8, 4) is 39.9 Å². The molecule has 1 aliphatic rings. The quantitative estimate of drug-likeness (QED) is 0.175. The summed E-state index contributed by atoms with van der Waals surface area (Å²) in [4.78, 5) is 17.8. The van der Waals surface area contributed by atoms with E-state index in [2.05, 4.69) is 163 Å². The first-order valence-electron chi connectivity index (χ1n) is 18.0. The van der Waals surface area contributed by atoms with E-state index in [-0.39, 0.29) is 5.41 Å². The van der Waals surface area contributed by atoms with Crippen molar-refractivity contribution in [2.75, 3.05) is 4.90 Å². The number of rotatable bonds is 6. The number of aromatic nitrogens is 4. The monoisotopic (exact) mass is 681 g/mol. The maximum atomic E-state index is 5.22. The first-order chi connectivity index (χ1) is 26.0. The van der Waals surface area contributed by atoms with Gasteiger partial charge in [-0.05, 0) is 76.9 Å². The Labute approximate surface area is 308 Å². The van der Waals surface area contributed by atoms with Crippen LogP contribution in [-0.4, -0.2) is 19.5 Å². The third-order valence-electron chi connectivity index (χ3n) is 10.6. The molecule has 0 spiro atoms. The SMILES string of the molecule is CC1(C)c2ccccc2-c2cc3c(cc21)c1cc(N(c2ccccc2)c2ccccc2)ccc1n3-c1nc(-c2ccccc2)nc(-c2ccccc2)n1. The van der Waals surface area contributed by atoms with Crippen LogP contribution in [0.5, 0.6) is 0 Å². The summed E-state index contributed by atoms with van der Waals surface area (Å²) < 4.78 is 2.23. The lowest BCUT2D eigenvalue weighted by atomic mass is 9.82. The number of anilines is 3. The molecule has 1 aliphatic carbocycles. The Morgan fingerprint density at radius 2 is 0.962 bits per heavy atom. The van der Waals surface area contributed by atoms with E-state index in [0.717, 1.165) is 50.0 Å². The average molecular weight is 682 g/mol. The lowest BCUT2D eigenvalue weighted by Gasteiger charge is -2.25. The Balaban J connectivity index is 1.29. The molecule has 0 unspecified atom stereocenters. The van der Waals surface area contributed by atoms with Crippen molar-refractivity contribution < 1.29 is 0 Å². The van der Waals surface area contributed by atoms with Gasteiger partial charge in [0, 0.05) is 44.4 Å². The van der Waals surface area contributed by atoms with Crippen molar-refractivity contribution in [1.29, 1.82) is 0 Å². The maximum absolute atomic E-state index is 5.22. The van der Waals surface area contributed by atoms with Crippen LogP contribution in [0.25, 0.3) is 61.7 Å². The number of fused-ring (bicyclic) bond motifs is 6. The lowest BCUT2D eigenvalue weighted by Crippen LogP contribution is -2.14. The van der Waals surface area contributed by atoms with E-state index in [1.807, 2.05) is 36.4 Å². The smallest absolute Gasteiger partial charge is 0.238 e. The van der Waals surface area contributed by atoms with Crippen LogP contribution in [0.2, 0.25) is 0 Å². The van der Waals surface area contributed by atoms with E-state index in [9.17, 15) is 0 Å². The molecular weight excluding hydrogens is 647 g/mol. The van der Waals surface area contributed by atoms with Gasteiger partial charge in [-0.2, -0.15) is 9.97 Å². The second-order valence-electron chi connectivity index (χ2n) is 14.1. The van der Waals surface area contributed by atoms with Crippen molar-refractivity contribution in [3.05, 3.63) is 187 Å². The molecule has 9 aromatic rings. The predicted octanol–water partition coefficient (Wildman–Crippen LogP) is 12.1. The van der Waals surface area contributed by atoms with Gasteiger partial charge in [0.05, 0.1) is 11.0 Å². The molecule has 2 aromatic heterocycles. The van der Waals surface area contributed by atoms with Crippen LogP contribution in [0.4, 0.5) is 17.1 Å². The van der Waals surface area contributed by atoms with Crippen LogP contribution in [0, 0.1) is 0 Å². The summed E-state index contributed by atoms with van der Waals surface area (Å²) in [6.07, 6.45) is 0. The zero-order valence-corrected chi connectivity index (χ0v) is 29.5. The third kappa shape index (κ3) is 5.04. The molecular formula is C48H35N5. The molecule has 0 bridgehead atoms. The number of para-hydroxylation sites is 2. The molecule has 7 aromatic carbocycles. The molecule has 53 heavy (non-hydrogen) atoms. The summed E-state index contributed by atoms with van der Waals surface area (Å²) in [7, 11) is 0. The minimum atomic E-state index is -0.152. The molecule has 0 N–H and O–H groups in total. The predicted molar refractivity (Wildman–Crippen MR) is 217 cm³/mol. The van der Waals surface area contributed by atoms with Crippen LogP contribution in [-0.2, 0) is 5.41 Å². The Morgan fingerprint density at radius 1 is 0.434 bits per heavy atom. The van der Waals surface area contributed by atoms with Crippen molar-refractivity contribution in [2.24, 2.45) is 0 Å². The minimum absolute atomic E-state index is 0.152. The van der Waals surface area contributed by atoms with E-state index >= 15 is 0 Å². The second-order valence-corrected chi connectivity index (χ2v) is 14.1. The highest BCUT2D eigenvalue weighted by molar-refractivity contribution is 6.12. The largest absolute Gasteiger partial charge is 0.310 e. The van der Waals surface area contributed by atoms with Gasteiger partial charge in [-0.25, -0.2) is 4.98 Å². The van der Waals surface area contributed by atoms with Crippen molar-refractivity contribution in [3.63, 3.8) is 0 Å². The second kappa shape index (κ2) is 12.1. The fraction of sp³-hybridized carbons (Fsp3) is 0.0625. The minimum Gasteiger partial charge on any atom is -0.310 e. The molecule has 0 saturated heterocycles. The summed E-state index contributed by atoms with van der Waals surface area (Å²) >= 11 is 0. The summed E-state index contributed by atoms with van der Waals surface area (Å²) in [6, 6.07) is 61.8. The zero-order chi connectivity index (χ0) is 35.5. The Morgan fingerprint density at radius 3 is 1.57 bits per heavy atom. The van der Waals surface area contributed by atoms with E-state index < -0.39 is 0 Å². The zero-order valence-electron chi connectivity index (χ0n) is 29.5. The van der Waals surface area contributed by atoms with Gasteiger partial charge in [-0.1, -0.05) is 135 Å². The Bertz CT molecular complexity index is 2690. The number of benzene rings is 7. The molecule has 0 fully saturated rings. The summed E-state index contributed by atoms with van der Waals surface area (Å²) in [5.41, 5.74) is 12.3. The highest BCUT2D eigenvalue weighted by atomic mass is 15.2. The van der Waals surface area contributed by atoms with Crippen molar-refractivity contribution in [1.82, 2.24) is 19.5 Å². The molecule has 5 nitrogen and oxygen atoms in total. The first kappa shape index (κ1) is 30.9. The van der Waals surface area contributed by atoms with E-state index in [0.29, 0.717) is 17.6 Å². The first-order valence-corrected chi connectivity index (χ1v) is 18.0. The van der Waals surface area contributed by atoms with Gasteiger partial charge in [0.25, 0.3) is 0 Å². The summed E-state index contributed by atoms with van der Waals surface area (Å²) in [5.74, 6) is 1.85. The van der Waals surface area contributed by atoms with Gasteiger partial charge in [0.1, 0.15) is 0 Å². The molecule has 0 aliphatic heterocycles. The van der Waals surface area contributed by atoms with Gasteiger partial charge in [0.2, 0.25) is 5.95 Å². The average Bonchev–Trinajstić information content (AvgIpc) is 3.66. The summed E-state index contributed by atoms with van der Waals surface area (Å²) in [5, 5.41) is 2.29. The van der Waals surface area contributed by atoms with E-state index in [1.165, 1.54) is 22.3 Å². The number of nitrogens with zero attached hydrogens (tertiary/aromatic N) is 5. The molecule has 0 atom stereocenters. The normalized spacial score (nSPS) is 12.9. The molecule has 0 amide bonds. The number of hydrogen-bond donors (Lipinski definition) is 0. The van der Waals surface area contributed by atoms with Crippen LogP contribution < -0.4 is 4.90 Å². The molecule has 2 heterocycles. The van der Waals surface area contributed by atoms with Crippen LogP contribution >= 0.6 is 0 Å². The highest BCUT2D eigenvalue weighted by Crippen LogP contribution is 2.51. The molecule has 252 valence electrons. The molecule has 10 rings (SSSR count). The van der Waals surface area contributed by atoms with Crippen molar-refractivity contribution in [2.45, 2.75) is 19.3 Å². The Hall–Kier alpha value is -6.85. The van der Waals surface area contributed by atoms with Crippen LogP contribution in [0.1, 0.15) is 25.0 Å². The van der Waals surface area contributed by atoms with Gasteiger partial charge < -0.3 is 4.90 Å². The standard InChI is InChI=1S/C48H35N5/c1-48(2)41-26-16-15-25-37(41)38-31-44-40(30-42(38)48)39-29-36(52(34-21-11-5-12-22-34)35-23-13-6-14-24-35)27-28-43(39)53(44)47-50-45(32-17-7-3-8-18-32)49-46(51-47)33-19-9-4-10-20-33/h3-31H,1-2H3. The third-order valence-corrected chi connectivity index (χ3v) is 10.6. The van der Waals surface area contributed by atoms with Gasteiger partial charge >= 0.3 is 0 Å². The van der Waals surface area contributed by atoms with E-state index in [1.54, 1.807) is 0 Å². The van der Waals surface area contributed by atoms with Gasteiger partial charge in [-0.15, -0.1) is 0 Å². The van der Waals surface area contributed by atoms with Gasteiger partial charge in [0.15, 0.2) is 11.6 Å². The highest BCUT2D eigenvalue weighted by Gasteiger charge is 2.36. The topological polar surface area (TPSA) is 46.8 Å². The fourth-order valence-corrected chi connectivity index (χ4v) is 8.05. The van der Waals surface area contributed by atoms with E-state index in [4.69, 9.17) is 15.0 Å². The lowest BCUT2D eigenvalue weighted by molar-refractivity contribution is 0.661. The number of hydrogen-bond acceptors (Lipinski definition) is 4. The van der Waals surface area contributed by atoms with Crippen molar-refractivity contribution >= 4 is 38.9 Å². The Kier molecular flexibility index (Phi) is 7.08. The molecule has 0 saturated carbocycles. The molecule has 0 radical (unpaired) electrons. The van der Waals surface area contributed by atoms with Gasteiger partial charge in [-0.3, -0.25) is 4.57 Å². The maximum Gasteiger partial charge on any atom is 0.238 e. The van der Waals surface area contributed by atoms with Crippen LogP contribution in [0.15, 0.2) is 176 Å².